The number of fused-ring (bicyclic) bond motifs is 1. The molecule has 1 saturated heterocycles. The lowest BCUT2D eigenvalue weighted by Gasteiger charge is -2.32. The van der Waals surface area contributed by atoms with Crippen molar-refractivity contribution in [2.45, 2.75) is 38.8 Å². The molecule has 1 aliphatic heterocycles. The largest absolute Gasteiger partial charge is 0.373 e. The summed E-state index contributed by atoms with van der Waals surface area (Å²) in [6, 6.07) is 7.01. The first kappa shape index (κ1) is 22.2. The van der Waals surface area contributed by atoms with Crippen LogP contribution in [0.2, 0.25) is 0 Å². The highest BCUT2D eigenvalue weighted by atomic mass is 19.1. The molecular formula is C24H31FN6O. The first-order valence-electron chi connectivity index (χ1n) is 11.1. The molecule has 0 saturated carbocycles. The average molecular weight is 439 g/mol. The third-order valence-corrected chi connectivity index (χ3v) is 6.40. The van der Waals surface area contributed by atoms with Crippen molar-refractivity contribution in [1.29, 1.82) is 0 Å². The maximum atomic E-state index is 13.8. The molecule has 1 aliphatic rings. The van der Waals surface area contributed by atoms with Crippen LogP contribution in [-0.2, 0) is 24.9 Å². The Bertz CT molecular complexity index is 1120. The number of rotatable bonds is 6. The average Bonchev–Trinajstić information content (AvgIpc) is 3.08. The Morgan fingerprint density at radius 3 is 2.69 bits per heavy atom. The quantitative estimate of drug-likeness (QED) is 0.638. The molecular weight excluding hydrogens is 407 g/mol. The number of halogens is 1. The van der Waals surface area contributed by atoms with Crippen molar-refractivity contribution in [3.05, 3.63) is 53.4 Å². The summed E-state index contributed by atoms with van der Waals surface area (Å²) in [5, 5.41) is 4.11. The molecule has 3 heterocycles. The van der Waals surface area contributed by atoms with E-state index >= 15 is 0 Å². The van der Waals surface area contributed by atoms with Gasteiger partial charge in [0.15, 0.2) is 0 Å². The summed E-state index contributed by atoms with van der Waals surface area (Å²) in [5.41, 5.74) is 3.25. The number of aromatic nitrogens is 3. The SMILES string of the molecule is CNc1cc(C2CCN(Cc3cn(C)c4ccc(F)cc34)CC2)nc(CN(C)C(C)=O)n1. The van der Waals surface area contributed by atoms with Gasteiger partial charge in [-0.05, 0) is 49.7 Å². The van der Waals surface area contributed by atoms with E-state index in [9.17, 15) is 9.18 Å². The Balaban J connectivity index is 1.45. The van der Waals surface area contributed by atoms with Gasteiger partial charge in [-0.15, -0.1) is 0 Å². The van der Waals surface area contributed by atoms with Gasteiger partial charge in [0.05, 0.1) is 6.54 Å². The Kier molecular flexibility index (Phi) is 6.41. The highest BCUT2D eigenvalue weighted by Crippen LogP contribution is 2.30. The summed E-state index contributed by atoms with van der Waals surface area (Å²) in [5.74, 6) is 1.59. The third-order valence-electron chi connectivity index (χ3n) is 6.40. The summed E-state index contributed by atoms with van der Waals surface area (Å²) >= 11 is 0. The molecule has 0 unspecified atom stereocenters. The number of nitrogens with one attached hydrogen (secondary N) is 1. The van der Waals surface area contributed by atoms with Crippen molar-refractivity contribution in [2.24, 2.45) is 7.05 Å². The molecule has 0 bridgehead atoms. The van der Waals surface area contributed by atoms with Gasteiger partial charge in [-0.2, -0.15) is 0 Å². The molecule has 1 amide bonds. The van der Waals surface area contributed by atoms with Gasteiger partial charge in [0.2, 0.25) is 5.91 Å². The summed E-state index contributed by atoms with van der Waals surface area (Å²) in [4.78, 5) is 25.0. The minimum absolute atomic E-state index is 0.00774. The predicted molar refractivity (Wildman–Crippen MR) is 124 cm³/mol. The van der Waals surface area contributed by atoms with Gasteiger partial charge in [0, 0.05) is 69.4 Å². The van der Waals surface area contributed by atoms with E-state index in [4.69, 9.17) is 4.98 Å². The second kappa shape index (κ2) is 9.24. The third kappa shape index (κ3) is 4.75. The van der Waals surface area contributed by atoms with Crippen molar-refractivity contribution in [3.8, 4) is 0 Å². The van der Waals surface area contributed by atoms with Crippen LogP contribution in [0.3, 0.4) is 0 Å². The van der Waals surface area contributed by atoms with Crippen molar-refractivity contribution < 1.29 is 9.18 Å². The molecule has 0 radical (unpaired) electrons. The van der Waals surface area contributed by atoms with E-state index in [1.165, 1.54) is 6.07 Å². The van der Waals surface area contributed by atoms with E-state index in [0.29, 0.717) is 18.3 Å². The van der Waals surface area contributed by atoms with Crippen LogP contribution in [0.5, 0.6) is 0 Å². The van der Waals surface area contributed by atoms with E-state index in [1.54, 1.807) is 24.9 Å². The number of amides is 1. The van der Waals surface area contributed by atoms with E-state index in [-0.39, 0.29) is 11.7 Å². The molecule has 1 N–H and O–H groups in total. The van der Waals surface area contributed by atoms with Crippen LogP contribution < -0.4 is 5.32 Å². The normalized spacial score (nSPS) is 15.3. The van der Waals surface area contributed by atoms with Gasteiger partial charge in [-0.3, -0.25) is 9.69 Å². The number of carbonyl (C=O) groups is 1. The summed E-state index contributed by atoms with van der Waals surface area (Å²) in [6.45, 7) is 4.67. The second-order valence-electron chi connectivity index (χ2n) is 8.70. The number of aryl methyl sites for hydroxylation is 1. The van der Waals surface area contributed by atoms with Crippen molar-refractivity contribution in [1.82, 2.24) is 24.3 Å². The molecule has 4 rings (SSSR count). The summed E-state index contributed by atoms with van der Waals surface area (Å²) in [7, 11) is 5.61. The number of nitrogens with zero attached hydrogens (tertiary/aromatic N) is 5. The fraction of sp³-hybridized carbons (Fsp3) is 0.458. The summed E-state index contributed by atoms with van der Waals surface area (Å²) in [6.07, 6.45) is 4.11. The fourth-order valence-corrected chi connectivity index (χ4v) is 4.45. The number of benzene rings is 1. The zero-order valence-corrected chi connectivity index (χ0v) is 19.2. The molecule has 0 spiro atoms. The molecule has 170 valence electrons. The number of hydrogen-bond donors (Lipinski definition) is 1. The van der Waals surface area contributed by atoms with E-state index in [1.807, 2.05) is 26.2 Å². The first-order chi connectivity index (χ1) is 15.3. The van der Waals surface area contributed by atoms with Gasteiger partial charge < -0.3 is 14.8 Å². The van der Waals surface area contributed by atoms with Crippen LogP contribution >= 0.6 is 0 Å². The van der Waals surface area contributed by atoms with Crippen LogP contribution in [0.15, 0.2) is 30.5 Å². The molecule has 3 aromatic rings. The second-order valence-corrected chi connectivity index (χ2v) is 8.70. The van der Waals surface area contributed by atoms with Crippen LogP contribution in [0.1, 0.15) is 42.8 Å². The molecule has 2 aromatic heterocycles. The minimum atomic E-state index is -0.195. The van der Waals surface area contributed by atoms with E-state index < -0.39 is 0 Å². The summed E-state index contributed by atoms with van der Waals surface area (Å²) < 4.78 is 15.9. The fourth-order valence-electron chi connectivity index (χ4n) is 4.45. The minimum Gasteiger partial charge on any atom is -0.373 e. The van der Waals surface area contributed by atoms with Crippen molar-refractivity contribution in [3.63, 3.8) is 0 Å². The molecule has 1 fully saturated rings. The molecule has 0 atom stereocenters. The smallest absolute Gasteiger partial charge is 0.219 e. The predicted octanol–water partition coefficient (Wildman–Crippen LogP) is 3.51. The Hall–Kier alpha value is -3.00. The van der Waals surface area contributed by atoms with Crippen molar-refractivity contribution >= 4 is 22.6 Å². The van der Waals surface area contributed by atoms with E-state index in [0.717, 1.165) is 60.5 Å². The first-order valence-corrected chi connectivity index (χ1v) is 11.1. The highest BCUT2D eigenvalue weighted by molar-refractivity contribution is 5.84. The lowest BCUT2D eigenvalue weighted by molar-refractivity contribution is -0.128. The topological polar surface area (TPSA) is 66.3 Å². The number of likely N-dealkylation sites (tertiary alicyclic amines) is 1. The van der Waals surface area contributed by atoms with Gasteiger partial charge in [0.1, 0.15) is 17.5 Å². The maximum Gasteiger partial charge on any atom is 0.219 e. The number of anilines is 1. The molecule has 0 aliphatic carbocycles. The van der Waals surface area contributed by atoms with Crippen LogP contribution in [-0.4, -0.2) is 57.4 Å². The highest BCUT2D eigenvalue weighted by Gasteiger charge is 2.24. The standard InChI is InChI=1S/C24H31FN6O/c1-16(32)29(3)15-24-27-21(12-23(26-2)28-24)17-7-9-31(10-8-17)14-18-13-30(4)22-6-5-19(25)11-20(18)22/h5-6,11-13,17H,7-10,14-15H2,1-4H3,(H,26,27,28). The Labute approximate surface area is 188 Å². The van der Waals surface area contributed by atoms with Gasteiger partial charge in [-0.1, -0.05) is 0 Å². The maximum absolute atomic E-state index is 13.8. The number of carbonyl (C=O) groups excluding carboxylic acids is 1. The Morgan fingerprint density at radius 1 is 1.25 bits per heavy atom. The van der Waals surface area contributed by atoms with Crippen LogP contribution in [0, 0.1) is 5.82 Å². The zero-order chi connectivity index (χ0) is 22.8. The number of piperidine rings is 1. The number of hydrogen-bond acceptors (Lipinski definition) is 5. The molecule has 7 nitrogen and oxygen atoms in total. The van der Waals surface area contributed by atoms with Gasteiger partial charge >= 0.3 is 0 Å². The molecule has 8 heteroatoms. The van der Waals surface area contributed by atoms with E-state index in [2.05, 4.69) is 26.0 Å². The lowest BCUT2D eigenvalue weighted by atomic mass is 9.93. The Morgan fingerprint density at radius 2 is 2.00 bits per heavy atom. The van der Waals surface area contributed by atoms with Crippen LogP contribution in [0.4, 0.5) is 10.2 Å². The monoisotopic (exact) mass is 438 g/mol. The van der Waals surface area contributed by atoms with Crippen LogP contribution in [0.25, 0.3) is 10.9 Å². The van der Waals surface area contributed by atoms with Gasteiger partial charge in [0.25, 0.3) is 0 Å². The molecule has 32 heavy (non-hydrogen) atoms. The molecule has 1 aromatic carbocycles. The van der Waals surface area contributed by atoms with Crippen molar-refractivity contribution in [2.75, 3.05) is 32.5 Å². The van der Waals surface area contributed by atoms with Gasteiger partial charge in [-0.25, -0.2) is 14.4 Å². The zero-order valence-electron chi connectivity index (χ0n) is 19.2. The lowest BCUT2D eigenvalue weighted by Crippen LogP contribution is -2.33.